The molecule has 5 nitrogen and oxygen atoms in total. The molecule has 1 fully saturated rings. The van der Waals surface area contributed by atoms with Crippen LogP contribution in [-0.4, -0.2) is 28.1 Å². The summed E-state index contributed by atoms with van der Waals surface area (Å²) in [4.78, 5) is 21.1. The molecule has 1 rings (SSSR count). The molecule has 13 heavy (non-hydrogen) atoms. The van der Waals surface area contributed by atoms with Crippen molar-refractivity contribution in [1.82, 2.24) is 0 Å². The van der Waals surface area contributed by atoms with Gasteiger partial charge in [0.1, 0.15) is 18.0 Å². The first-order valence-electron chi connectivity index (χ1n) is 3.79. The Labute approximate surface area is 79.5 Å². The molecule has 1 aliphatic rings. The molecule has 6 heteroatoms. The molecule has 0 radical (unpaired) electrons. The average molecular weight is 204 g/mol. The third kappa shape index (κ3) is 1.94. The second-order valence-electron chi connectivity index (χ2n) is 3.45. The van der Waals surface area contributed by atoms with Crippen LogP contribution in [0.4, 0.5) is 0 Å². The van der Waals surface area contributed by atoms with Crippen LogP contribution in [0.15, 0.2) is 0 Å². The second kappa shape index (κ2) is 3.19. The predicted octanol–water partition coefficient (Wildman–Crippen LogP) is -3.73. The Kier molecular flexibility index (Phi) is 2.53. The molecule has 2 atom stereocenters. The summed E-state index contributed by atoms with van der Waals surface area (Å²) in [7, 11) is 0. The van der Waals surface area contributed by atoms with Gasteiger partial charge in [-0.25, -0.2) is 0 Å². The van der Waals surface area contributed by atoms with Crippen LogP contribution >= 0.6 is 11.8 Å². The molecule has 0 aromatic carbocycles. The lowest BCUT2D eigenvalue weighted by Gasteiger charge is -2.21. The van der Waals surface area contributed by atoms with Gasteiger partial charge in [0.05, 0.1) is 4.75 Å². The van der Waals surface area contributed by atoms with Gasteiger partial charge in [0, 0.05) is 0 Å². The van der Waals surface area contributed by atoms with E-state index in [1.807, 2.05) is 0 Å². The summed E-state index contributed by atoms with van der Waals surface area (Å²) < 4.78 is -0.635. The van der Waals surface area contributed by atoms with E-state index in [9.17, 15) is 19.8 Å². The third-order valence-corrected chi connectivity index (χ3v) is 3.50. The van der Waals surface area contributed by atoms with Gasteiger partial charge in [-0.1, -0.05) is 11.8 Å². The summed E-state index contributed by atoms with van der Waals surface area (Å²) in [5.41, 5.74) is 0. The molecule has 0 aromatic rings. The van der Waals surface area contributed by atoms with Gasteiger partial charge in [-0.05, 0) is 13.8 Å². The van der Waals surface area contributed by atoms with Crippen LogP contribution < -0.4 is 15.5 Å². The van der Waals surface area contributed by atoms with E-state index in [0.29, 0.717) is 0 Å². The lowest BCUT2D eigenvalue weighted by molar-refractivity contribution is -0.685. The van der Waals surface area contributed by atoms with Gasteiger partial charge in [0.2, 0.25) is 0 Å². The smallest absolute Gasteiger partial charge is 0.174 e. The molecule has 0 bridgehead atoms. The molecular weight excluding hydrogens is 194 g/mol. The van der Waals surface area contributed by atoms with Crippen molar-refractivity contribution in [3.8, 4) is 0 Å². The van der Waals surface area contributed by atoms with Gasteiger partial charge < -0.3 is 25.1 Å². The first-order chi connectivity index (χ1) is 5.84. The van der Waals surface area contributed by atoms with Crippen LogP contribution in [0.25, 0.3) is 0 Å². The average Bonchev–Trinajstić information content (AvgIpc) is 2.25. The highest BCUT2D eigenvalue weighted by Crippen LogP contribution is 2.32. The molecule has 1 aliphatic heterocycles. The van der Waals surface area contributed by atoms with Crippen molar-refractivity contribution in [2.75, 3.05) is 0 Å². The minimum absolute atomic E-state index is 0.635. The molecule has 2 N–H and O–H groups in total. The number of carbonyl (C=O) groups is 2. The maximum Gasteiger partial charge on any atom is 0.174 e. The van der Waals surface area contributed by atoms with Crippen LogP contribution in [0.1, 0.15) is 13.8 Å². The number of hydrogen-bond acceptors (Lipinski definition) is 5. The van der Waals surface area contributed by atoms with Crippen LogP contribution in [-0.2, 0) is 9.59 Å². The van der Waals surface area contributed by atoms with Crippen LogP contribution in [0.5, 0.6) is 0 Å². The zero-order valence-corrected chi connectivity index (χ0v) is 8.09. The largest absolute Gasteiger partial charge is 0.544 e. The Morgan fingerprint density at radius 1 is 1.31 bits per heavy atom. The van der Waals surface area contributed by atoms with Gasteiger partial charge in [0.25, 0.3) is 0 Å². The normalized spacial score (nSPS) is 31.5. The SMILES string of the molecule is CC1(C)S[C@H](C(=O)[O-])[NH2+][C@H]1C(=O)[O-]. The number of thioether (sulfide) groups is 1. The zero-order chi connectivity index (χ0) is 10.2. The lowest BCUT2D eigenvalue weighted by atomic mass is 10.0. The van der Waals surface area contributed by atoms with E-state index in [4.69, 9.17) is 0 Å². The van der Waals surface area contributed by atoms with Crippen molar-refractivity contribution in [2.45, 2.75) is 30.0 Å². The van der Waals surface area contributed by atoms with E-state index in [2.05, 4.69) is 0 Å². The molecule has 0 aliphatic carbocycles. The van der Waals surface area contributed by atoms with Crippen LogP contribution in [0, 0.1) is 0 Å². The van der Waals surface area contributed by atoms with E-state index in [1.165, 1.54) is 5.32 Å². The van der Waals surface area contributed by atoms with Gasteiger partial charge in [-0.3, -0.25) is 0 Å². The van der Waals surface area contributed by atoms with Gasteiger partial charge in [0.15, 0.2) is 5.37 Å². The highest BCUT2D eigenvalue weighted by Gasteiger charge is 2.46. The van der Waals surface area contributed by atoms with Gasteiger partial charge >= 0.3 is 0 Å². The Balaban J connectivity index is 2.79. The Morgan fingerprint density at radius 2 is 1.85 bits per heavy atom. The minimum Gasteiger partial charge on any atom is -0.544 e. The summed E-state index contributed by atoms with van der Waals surface area (Å²) in [5.74, 6) is -2.48. The highest BCUT2D eigenvalue weighted by molar-refractivity contribution is 8.01. The Hall–Kier alpha value is -0.750. The molecule has 0 unspecified atom stereocenters. The van der Waals surface area contributed by atoms with Crippen LogP contribution in [0.3, 0.4) is 0 Å². The van der Waals surface area contributed by atoms with Crippen LogP contribution in [0.2, 0.25) is 0 Å². The van der Waals surface area contributed by atoms with Crippen molar-refractivity contribution in [1.29, 1.82) is 0 Å². The molecule has 0 amide bonds. The highest BCUT2D eigenvalue weighted by atomic mass is 32.2. The van der Waals surface area contributed by atoms with Gasteiger partial charge in [-0.15, -0.1) is 0 Å². The zero-order valence-electron chi connectivity index (χ0n) is 7.27. The number of carboxylic acid groups (broad SMARTS) is 2. The number of carboxylic acids is 2. The fourth-order valence-electron chi connectivity index (χ4n) is 1.34. The fourth-order valence-corrected chi connectivity index (χ4v) is 2.64. The van der Waals surface area contributed by atoms with Crippen molar-refractivity contribution < 1.29 is 25.1 Å². The minimum atomic E-state index is -1.25. The van der Waals surface area contributed by atoms with Crippen molar-refractivity contribution in [2.24, 2.45) is 0 Å². The first-order valence-corrected chi connectivity index (χ1v) is 4.67. The summed E-state index contributed by atoms with van der Waals surface area (Å²) in [6, 6.07) is -0.833. The maximum atomic E-state index is 10.6. The first kappa shape index (κ1) is 10.3. The Morgan fingerprint density at radius 3 is 2.08 bits per heavy atom. The molecule has 0 aromatic heterocycles. The molecule has 74 valence electrons. The molecule has 1 saturated heterocycles. The summed E-state index contributed by atoms with van der Waals surface area (Å²) in [6.45, 7) is 3.36. The lowest BCUT2D eigenvalue weighted by Crippen LogP contribution is -2.97. The summed E-state index contributed by atoms with van der Waals surface area (Å²) in [5, 5.41) is 21.5. The molecule has 0 saturated carbocycles. The van der Waals surface area contributed by atoms with E-state index in [0.717, 1.165) is 11.8 Å². The summed E-state index contributed by atoms with van der Waals surface area (Å²) in [6.07, 6.45) is 0. The van der Waals surface area contributed by atoms with E-state index in [1.54, 1.807) is 13.8 Å². The standard InChI is InChI=1S/C7H11NO4S/c1-7(2)3(5(9)10)8-4(13-7)6(11)12/h3-4,8H,1-2H3,(H,9,10)(H,11,12)/p-1/t3-,4+/m0/s1. The number of nitrogens with two attached hydrogens (primary N) is 1. The monoisotopic (exact) mass is 204 g/mol. The van der Waals surface area contributed by atoms with E-state index >= 15 is 0 Å². The van der Waals surface area contributed by atoms with Gasteiger partial charge in [-0.2, -0.15) is 0 Å². The topological polar surface area (TPSA) is 96.9 Å². The number of hydrogen-bond donors (Lipinski definition) is 1. The number of carbonyl (C=O) groups excluding carboxylic acids is 2. The quantitative estimate of drug-likeness (QED) is 0.498. The van der Waals surface area contributed by atoms with Crippen molar-refractivity contribution in [3.05, 3.63) is 0 Å². The Bertz CT molecular complexity index is 253. The molecule has 1 heterocycles. The van der Waals surface area contributed by atoms with Crippen molar-refractivity contribution in [3.63, 3.8) is 0 Å². The maximum absolute atomic E-state index is 10.6. The molecule has 0 spiro atoms. The predicted molar refractivity (Wildman–Crippen MR) is 41.2 cm³/mol. The summed E-state index contributed by atoms with van der Waals surface area (Å²) >= 11 is 1.07. The van der Waals surface area contributed by atoms with E-state index < -0.39 is 28.1 Å². The van der Waals surface area contributed by atoms with E-state index in [-0.39, 0.29) is 0 Å². The van der Waals surface area contributed by atoms with Crippen molar-refractivity contribution >= 4 is 23.7 Å². The number of quaternary nitrogens is 1. The number of rotatable bonds is 2. The fraction of sp³-hybridized carbons (Fsp3) is 0.714. The molecular formula is C7H10NO4S-. The second-order valence-corrected chi connectivity index (χ2v) is 5.25. The number of aliphatic carboxylic acids is 2. The third-order valence-electron chi connectivity index (χ3n) is 2.03.